The monoisotopic (exact) mass is 337 g/mol. The summed E-state index contributed by atoms with van der Waals surface area (Å²) in [5.74, 6) is 0.0180. The lowest BCUT2D eigenvalue weighted by Gasteiger charge is -2.18. The molecule has 1 fully saturated rings. The molecule has 0 bridgehead atoms. The van der Waals surface area contributed by atoms with Gasteiger partial charge < -0.3 is 14.8 Å². The zero-order chi connectivity index (χ0) is 16.2. The predicted molar refractivity (Wildman–Crippen MR) is 87.8 cm³/mol. The number of ether oxygens (including phenoxy) is 2. The van der Waals surface area contributed by atoms with Gasteiger partial charge in [-0.05, 0) is 43.6 Å². The van der Waals surface area contributed by atoms with Crippen molar-refractivity contribution in [3.05, 3.63) is 21.4 Å². The molecule has 2 aliphatic rings. The van der Waals surface area contributed by atoms with Gasteiger partial charge in [0, 0.05) is 23.4 Å². The zero-order valence-corrected chi connectivity index (χ0v) is 14.2. The first-order chi connectivity index (χ1) is 11.1. The molecule has 1 amide bonds. The number of carbonyl (C=O) groups excluding carboxylic acids is 2. The van der Waals surface area contributed by atoms with E-state index in [4.69, 9.17) is 9.47 Å². The second-order valence-corrected chi connectivity index (χ2v) is 7.38. The van der Waals surface area contributed by atoms with Crippen LogP contribution in [0.4, 0.5) is 0 Å². The number of hydrogen-bond donors (Lipinski definition) is 1. The minimum atomic E-state index is -0.385. The highest BCUT2D eigenvalue weighted by Gasteiger charge is 2.24. The van der Waals surface area contributed by atoms with Crippen molar-refractivity contribution >= 4 is 23.2 Å². The van der Waals surface area contributed by atoms with Crippen molar-refractivity contribution in [2.45, 2.75) is 45.1 Å². The Morgan fingerprint density at radius 1 is 1.43 bits per heavy atom. The van der Waals surface area contributed by atoms with E-state index in [-0.39, 0.29) is 24.6 Å². The maximum absolute atomic E-state index is 12.2. The van der Waals surface area contributed by atoms with Gasteiger partial charge >= 0.3 is 5.97 Å². The van der Waals surface area contributed by atoms with Gasteiger partial charge in [0.2, 0.25) is 0 Å². The number of rotatable bonds is 5. The number of thiophene rings is 1. The fourth-order valence-corrected chi connectivity index (χ4v) is 4.38. The summed E-state index contributed by atoms with van der Waals surface area (Å²) in [4.78, 5) is 25.3. The number of carbonyl (C=O) groups is 2. The van der Waals surface area contributed by atoms with Crippen LogP contribution >= 0.6 is 11.3 Å². The Hall–Kier alpha value is -1.40. The van der Waals surface area contributed by atoms with Gasteiger partial charge in [0.25, 0.3) is 5.91 Å². The number of fused-ring (bicyclic) bond motifs is 1. The molecule has 1 aromatic heterocycles. The third-order valence-corrected chi connectivity index (χ3v) is 5.56. The zero-order valence-electron chi connectivity index (χ0n) is 13.4. The molecule has 1 aliphatic carbocycles. The highest BCUT2D eigenvalue weighted by atomic mass is 32.1. The van der Waals surface area contributed by atoms with Crippen LogP contribution < -0.4 is 5.32 Å². The van der Waals surface area contributed by atoms with Crippen LogP contribution in [0.2, 0.25) is 0 Å². The first-order valence-electron chi connectivity index (χ1n) is 8.28. The Bertz CT molecular complexity index is 577. The second-order valence-electron chi connectivity index (χ2n) is 6.41. The summed E-state index contributed by atoms with van der Waals surface area (Å²) in [7, 11) is 0. The maximum Gasteiger partial charge on any atom is 0.339 e. The molecule has 1 aromatic rings. The molecule has 2 unspecified atom stereocenters. The third-order valence-electron chi connectivity index (χ3n) is 4.51. The molecule has 0 radical (unpaired) electrons. The molecule has 3 rings (SSSR count). The Morgan fingerprint density at radius 3 is 3.09 bits per heavy atom. The Balaban J connectivity index is 1.47. The molecule has 2 heterocycles. The third kappa shape index (κ3) is 4.12. The topological polar surface area (TPSA) is 64.6 Å². The first kappa shape index (κ1) is 16.5. The Labute approximate surface area is 140 Å². The highest BCUT2D eigenvalue weighted by molar-refractivity contribution is 7.10. The molecule has 0 spiro atoms. The van der Waals surface area contributed by atoms with E-state index in [1.165, 1.54) is 4.88 Å². The fourth-order valence-electron chi connectivity index (χ4n) is 3.14. The van der Waals surface area contributed by atoms with Gasteiger partial charge in [-0.1, -0.05) is 6.92 Å². The number of nitrogens with one attached hydrogen (secondary N) is 1. The fraction of sp³-hybridized carbons (Fsp3) is 0.647. The molecule has 1 N–H and O–H groups in total. The van der Waals surface area contributed by atoms with E-state index in [9.17, 15) is 9.59 Å². The standard InChI is InChI=1S/C17H23NO4S/c1-11-4-5-13-14(10-23-15(13)7-11)17(20)22-9-16(19)18-8-12-3-2-6-21-12/h10-12H,2-9H2,1H3,(H,18,19). The van der Waals surface area contributed by atoms with Gasteiger partial charge in [0.15, 0.2) is 6.61 Å². The number of hydrogen-bond acceptors (Lipinski definition) is 5. The number of esters is 1. The van der Waals surface area contributed by atoms with Crippen LogP contribution in [0, 0.1) is 5.92 Å². The van der Waals surface area contributed by atoms with Crippen LogP contribution in [-0.2, 0) is 27.1 Å². The lowest BCUT2D eigenvalue weighted by molar-refractivity contribution is -0.124. The Kier molecular flexibility index (Phi) is 5.33. The summed E-state index contributed by atoms with van der Waals surface area (Å²) in [6.45, 7) is 3.26. The van der Waals surface area contributed by atoms with Crippen LogP contribution in [0.5, 0.6) is 0 Å². The maximum atomic E-state index is 12.2. The smallest absolute Gasteiger partial charge is 0.339 e. The van der Waals surface area contributed by atoms with Crippen LogP contribution in [0.25, 0.3) is 0 Å². The summed E-state index contributed by atoms with van der Waals surface area (Å²) in [5.41, 5.74) is 1.77. The van der Waals surface area contributed by atoms with E-state index in [1.54, 1.807) is 11.3 Å². The summed E-state index contributed by atoms with van der Waals surface area (Å²) in [5, 5.41) is 4.63. The molecule has 1 aliphatic heterocycles. The average Bonchev–Trinajstić information content (AvgIpc) is 3.19. The molecule has 2 atom stereocenters. The molecule has 0 saturated carbocycles. The normalized spacial score (nSPS) is 23.3. The van der Waals surface area contributed by atoms with Crippen molar-refractivity contribution in [1.82, 2.24) is 5.32 Å². The van der Waals surface area contributed by atoms with Gasteiger partial charge in [-0.2, -0.15) is 0 Å². The Morgan fingerprint density at radius 2 is 2.30 bits per heavy atom. The SMILES string of the molecule is CC1CCc2c(C(=O)OCC(=O)NCC3CCCO3)csc2C1. The van der Waals surface area contributed by atoms with Gasteiger partial charge in [-0.3, -0.25) is 4.79 Å². The molecule has 23 heavy (non-hydrogen) atoms. The molecule has 1 saturated heterocycles. The van der Waals surface area contributed by atoms with Crippen LogP contribution in [0.3, 0.4) is 0 Å². The minimum absolute atomic E-state index is 0.0977. The van der Waals surface area contributed by atoms with Crippen molar-refractivity contribution in [3.63, 3.8) is 0 Å². The van der Waals surface area contributed by atoms with Crippen LogP contribution in [0.15, 0.2) is 5.38 Å². The van der Waals surface area contributed by atoms with Crippen molar-refractivity contribution in [2.24, 2.45) is 5.92 Å². The number of amides is 1. The second kappa shape index (κ2) is 7.45. The lowest BCUT2D eigenvalue weighted by Crippen LogP contribution is -2.34. The molecule has 6 heteroatoms. The quantitative estimate of drug-likeness (QED) is 0.838. The van der Waals surface area contributed by atoms with E-state index < -0.39 is 0 Å². The van der Waals surface area contributed by atoms with Crippen molar-refractivity contribution < 1.29 is 19.1 Å². The van der Waals surface area contributed by atoms with E-state index in [2.05, 4.69) is 12.2 Å². The summed E-state index contributed by atoms with van der Waals surface area (Å²) in [6.07, 6.45) is 5.17. The molecular formula is C17H23NO4S. The van der Waals surface area contributed by atoms with Gasteiger partial charge in [0.1, 0.15) is 0 Å². The van der Waals surface area contributed by atoms with Crippen molar-refractivity contribution in [3.8, 4) is 0 Å². The molecule has 126 valence electrons. The van der Waals surface area contributed by atoms with E-state index in [1.807, 2.05) is 5.38 Å². The van der Waals surface area contributed by atoms with Crippen molar-refractivity contribution in [1.29, 1.82) is 0 Å². The molecule has 5 nitrogen and oxygen atoms in total. The summed E-state index contributed by atoms with van der Waals surface area (Å²) >= 11 is 1.63. The van der Waals surface area contributed by atoms with E-state index in [0.29, 0.717) is 18.0 Å². The molecule has 0 aromatic carbocycles. The first-order valence-corrected chi connectivity index (χ1v) is 9.16. The minimum Gasteiger partial charge on any atom is -0.452 e. The molecular weight excluding hydrogens is 314 g/mol. The van der Waals surface area contributed by atoms with Gasteiger partial charge in [0.05, 0.1) is 11.7 Å². The predicted octanol–water partition coefficient (Wildman–Crippen LogP) is 2.32. The largest absolute Gasteiger partial charge is 0.452 e. The van der Waals surface area contributed by atoms with Crippen LogP contribution in [0.1, 0.15) is 47.0 Å². The average molecular weight is 337 g/mol. The van der Waals surface area contributed by atoms with Gasteiger partial charge in [-0.25, -0.2) is 4.79 Å². The van der Waals surface area contributed by atoms with Crippen LogP contribution in [-0.4, -0.2) is 37.7 Å². The summed E-state index contributed by atoms with van der Waals surface area (Å²) in [6, 6.07) is 0. The summed E-state index contributed by atoms with van der Waals surface area (Å²) < 4.78 is 10.6. The van der Waals surface area contributed by atoms with E-state index in [0.717, 1.165) is 44.3 Å². The lowest BCUT2D eigenvalue weighted by atomic mass is 9.88. The van der Waals surface area contributed by atoms with Crippen molar-refractivity contribution in [2.75, 3.05) is 19.8 Å². The van der Waals surface area contributed by atoms with Gasteiger partial charge in [-0.15, -0.1) is 11.3 Å². The highest BCUT2D eigenvalue weighted by Crippen LogP contribution is 2.33. The van der Waals surface area contributed by atoms with E-state index >= 15 is 0 Å².